The molecule has 0 aliphatic heterocycles. The molecule has 0 radical (unpaired) electrons. The maximum Gasteiger partial charge on any atom is 0.229 e. The van der Waals surface area contributed by atoms with E-state index in [0.29, 0.717) is 23.4 Å². The molecule has 176 valence electrons. The van der Waals surface area contributed by atoms with Gasteiger partial charge in [-0.05, 0) is 29.3 Å². The summed E-state index contributed by atoms with van der Waals surface area (Å²) in [5.74, 6) is -0.516. The van der Waals surface area contributed by atoms with E-state index in [0.717, 1.165) is 18.1 Å². The molecule has 0 saturated carbocycles. The van der Waals surface area contributed by atoms with Crippen molar-refractivity contribution < 1.29 is 21.6 Å². The molecule has 0 spiro atoms. The molecule has 4 N–H and O–H groups in total. The van der Waals surface area contributed by atoms with Gasteiger partial charge in [0.2, 0.25) is 26.0 Å². The first-order valence-electron chi connectivity index (χ1n) is 9.82. The molecule has 0 aliphatic rings. The lowest BCUT2D eigenvalue weighted by Crippen LogP contribution is -2.18. The van der Waals surface area contributed by atoms with Gasteiger partial charge in [0.25, 0.3) is 0 Å². The van der Waals surface area contributed by atoms with Crippen LogP contribution in [0.3, 0.4) is 0 Å². The minimum Gasteiger partial charge on any atom is -0.369 e. The number of rotatable bonds is 10. The van der Waals surface area contributed by atoms with Crippen molar-refractivity contribution in [2.24, 2.45) is 5.73 Å². The number of nitrogens with zero attached hydrogens (tertiary/aromatic N) is 2. The van der Waals surface area contributed by atoms with Gasteiger partial charge in [-0.2, -0.15) is 0 Å². The molecule has 0 atom stereocenters. The van der Waals surface area contributed by atoms with Gasteiger partial charge in [-0.15, -0.1) is 0 Å². The molecule has 0 saturated heterocycles. The molecule has 1 amide bonds. The zero-order valence-electron chi connectivity index (χ0n) is 18.1. The largest absolute Gasteiger partial charge is 0.369 e. The third-order valence-electron chi connectivity index (χ3n) is 4.54. The molecule has 0 fully saturated rings. The monoisotopic (exact) mass is 491 g/mol. The van der Waals surface area contributed by atoms with Gasteiger partial charge in [-0.3, -0.25) is 14.2 Å². The van der Waals surface area contributed by atoms with Crippen LogP contribution in [0.25, 0.3) is 0 Å². The average Bonchev–Trinajstić information content (AvgIpc) is 3.00. The number of nitrogens with two attached hydrogens (primary N) is 1. The Labute approximate surface area is 192 Å². The number of amides is 1. The number of carbonyl (C=O) groups excluding carboxylic acids is 1. The predicted molar refractivity (Wildman–Crippen MR) is 127 cm³/mol. The predicted octanol–water partition coefficient (Wildman–Crippen LogP) is 1.29. The lowest BCUT2D eigenvalue weighted by Gasteiger charge is -2.14. The smallest absolute Gasteiger partial charge is 0.229 e. The SMILES string of the molecule is CS(=O)(=O)Nc1cc(Cn2cnc(Cc3ccccc3)c2CC(N)=O)cc(NS(C)(=O)=O)c1. The van der Waals surface area contributed by atoms with Crippen LogP contribution in [0.5, 0.6) is 0 Å². The lowest BCUT2D eigenvalue weighted by atomic mass is 10.1. The summed E-state index contributed by atoms with van der Waals surface area (Å²) in [6, 6.07) is 14.2. The number of hydrogen-bond acceptors (Lipinski definition) is 6. The fourth-order valence-electron chi connectivity index (χ4n) is 3.42. The average molecular weight is 492 g/mol. The molecule has 12 heteroatoms. The van der Waals surface area contributed by atoms with Crippen LogP contribution in [-0.4, -0.2) is 44.8 Å². The Kier molecular flexibility index (Phi) is 7.08. The zero-order chi connectivity index (χ0) is 24.2. The van der Waals surface area contributed by atoms with Crippen molar-refractivity contribution in [3.63, 3.8) is 0 Å². The number of anilines is 2. The molecule has 10 nitrogen and oxygen atoms in total. The molecule has 0 aliphatic carbocycles. The Morgan fingerprint density at radius 2 is 1.52 bits per heavy atom. The van der Waals surface area contributed by atoms with E-state index >= 15 is 0 Å². The maximum atomic E-state index is 11.7. The first-order valence-corrected chi connectivity index (χ1v) is 13.6. The number of nitrogens with one attached hydrogen (secondary N) is 2. The number of hydrogen-bond donors (Lipinski definition) is 3. The van der Waals surface area contributed by atoms with E-state index in [2.05, 4.69) is 14.4 Å². The maximum absolute atomic E-state index is 11.7. The van der Waals surface area contributed by atoms with Gasteiger partial charge in [-0.25, -0.2) is 21.8 Å². The van der Waals surface area contributed by atoms with Crippen molar-refractivity contribution >= 4 is 37.3 Å². The molecular formula is C21H25N5O5S2. The van der Waals surface area contributed by atoms with Gasteiger partial charge in [-0.1, -0.05) is 30.3 Å². The van der Waals surface area contributed by atoms with Gasteiger partial charge in [0, 0.05) is 13.0 Å². The highest BCUT2D eigenvalue weighted by molar-refractivity contribution is 7.92. The number of carbonyl (C=O) groups is 1. The lowest BCUT2D eigenvalue weighted by molar-refractivity contribution is -0.117. The van der Waals surface area contributed by atoms with E-state index in [1.54, 1.807) is 23.0 Å². The van der Waals surface area contributed by atoms with E-state index in [1.807, 2.05) is 30.3 Å². The highest BCUT2D eigenvalue weighted by atomic mass is 32.2. The van der Waals surface area contributed by atoms with Crippen molar-refractivity contribution in [1.29, 1.82) is 0 Å². The molecule has 3 rings (SSSR count). The molecule has 0 unspecified atom stereocenters. The van der Waals surface area contributed by atoms with Gasteiger partial charge in [0.15, 0.2) is 0 Å². The van der Waals surface area contributed by atoms with E-state index < -0.39 is 26.0 Å². The highest BCUT2D eigenvalue weighted by Crippen LogP contribution is 2.23. The number of sulfonamides is 2. The first-order chi connectivity index (χ1) is 15.4. The van der Waals surface area contributed by atoms with E-state index in [9.17, 15) is 21.6 Å². The summed E-state index contributed by atoms with van der Waals surface area (Å²) in [4.78, 5) is 16.2. The fraction of sp³-hybridized carbons (Fsp3) is 0.238. The second-order valence-corrected chi connectivity index (χ2v) is 11.2. The third kappa shape index (κ3) is 7.61. The number of benzene rings is 2. The van der Waals surface area contributed by atoms with Crippen molar-refractivity contribution in [2.45, 2.75) is 19.4 Å². The zero-order valence-corrected chi connectivity index (χ0v) is 19.8. The Balaban J connectivity index is 1.99. The summed E-state index contributed by atoms with van der Waals surface area (Å²) in [7, 11) is -7.18. The van der Waals surface area contributed by atoms with E-state index in [-0.39, 0.29) is 24.3 Å². The summed E-state index contributed by atoms with van der Waals surface area (Å²) in [6.45, 7) is 0.210. The van der Waals surface area contributed by atoms with Crippen LogP contribution in [0.4, 0.5) is 11.4 Å². The topological polar surface area (TPSA) is 153 Å². The molecule has 1 aromatic heterocycles. The number of imidazole rings is 1. The molecular weight excluding hydrogens is 466 g/mol. The van der Waals surface area contributed by atoms with Gasteiger partial charge >= 0.3 is 0 Å². The van der Waals surface area contributed by atoms with Crippen LogP contribution in [-0.2, 0) is 44.2 Å². The van der Waals surface area contributed by atoms with E-state index in [4.69, 9.17) is 5.73 Å². The minimum absolute atomic E-state index is 0.0299. The summed E-state index contributed by atoms with van der Waals surface area (Å²) in [5.41, 5.74) is 8.79. The normalized spacial score (nSPS) is 11.8. The van der Waals surface area contributed by atoms with Crippen LogP contribution in [0.15, 0.2) is 54.9 Å². The molecule has 3 aromatic rings. The molecule has 33 heavy (non-hydrogen) atoms. The number of aromatic nitrogens is 2. The van der Waals surface area contributed by atoms with Gasteiger partial charge in [0.1, 0.15) is 0 Å². The van der Waals surface area contributed by atoms with Crippen LogP contribution >= 0.6 is 0 Å². The molecule has 2 aromatic carbocycles. The quantitative estimate of drug-likeness (QED) is 0.388. The molecule has 0 bridgehead atoms. The Bertz CT molecular complexity index is 1320. The summed E-state index contributed by atoms with van der Waals surface area (Å²) in [6.07, 6.45) is 4.06. The fourth-order valence-corrected chi connectivity index (χ4v) is 4.51. The van der Waals surface area contributed by atoms with Crippen LogP contribution in [0.2, 0.25) is 0 Å². The first kappa shape index (κ1) is 24.3. The Hall–Kier alpha value is -3.38. The van der Waals surface area contributed by atoms with Crippen molar-refractivity contribution in [3.05, 3.63) is 77.4 Å². The summed E-state index contributed by atoms with van der Waals surface area (Å²) in [5, 5.41) is 0. The van der Waals surface area contributed by atoms with Crippen LogP contribution in [0.1, 0.15) is 22.5 Å². The summed E-state index contributed by atoms with van der Waals surface area (Å²) < 4.78 is 53.3. The van der Waals surface area contributed by atoms with Crippen molar-refractivity contribution in [2.75, 3.05) is 22.0 Å². The van der Waals surface area contributed by atoms with Crippen LogP contribution < -0.4 is 15.2 Å². The van der Waals surface area contributed by atoms with Gasteiger partial charge < -0.3 is 10.3 Å². The highest BCUT2D eigenvalue weighted by Gasteiger charge is 2.16. The van der Waals surface area contributed by atoms with Crippen LogP contribution in [0, 0.1) is 0 Å². The Morgan fingerprint density at radius 1 is 0.939 bits per heavy atom. The standard InChI is InChI=1S/C21H25N5O5S2/c1-32(28,29)24-17-8-16(9-18(11-17)25-33(2,30)31)13-26-14-23-19(20(26)12-21(22)27)10-15-6-4-3-5-7-15/h3-9,11,14,24-25H,10,12-13H2,1-2H3,(H2,22,27). The minimum atomic E-state index is -3.59. The summed E-state index contributed by atoms with van der Waals surface area (Å²) >= 11 is 0. The van der Waals surface area contributed by atoms with Crippen molar-refractivity contribution in [3.8, 4) is 0 Å². The third-order valence-corrected chi connectivity index (χ3v) is 5.75. The van der Waals surface area contributed by atoms with E-state index in [1.165, 1.54) is 6.07 Å². The van der Waals surface area contributed by atoms with Crippen molar-refractivity contribution in [1.82, 2.24) is 9.55 Å². The van der Waals surface area contributed by atoms with Gasteiger partial charge in [0.05, 0.1) is 48.0 Å². The number of primary amides is 1. The Morgan fingerprint density at radius 3 is 2.03 bits per heavy atom. The second kappa shape index (κ2) is 9.63. The second-order valence-electron chi connectivity index (χ2n) is 7.74. The molecule has 1 heterocycles.